The molecule has 2 aromatic rings. The van der Waals surface area contributed by atoms with Gasteiger partial charge in [0.05, 0.1) is 30.3 Å². The van der Waals surface area contributed by atoms with Gasteiger partial charge >= 0.3 is 0 Å². The third-order valence-corrected chi connectivity index (χ3v) is 4.93. The Labute approximate surface area is 177 Å². The van der Waals surface area contributed by atoms with E-state index >= 15 is 0 Å². The third-order valence-electron chi connectivity index (χ3n) is 4.93. The van der Waals surface area contributed by atoms with Crippen molar-refractivity contribution in [2.45, 2.75) is 6.04 Å². The molecule has 0 spiro atoms. The standard InChI is InChI=1S/C21H20N2O8/c1-30-9-8-22-18(12-6-7-16(31-2)15(24)11-12)17(20(26)21(22)27)19(25)13-4-3-5-14(10-13)23(28)29/h3-7,10-11,18,24-25H,8-9H2,1-2H3/b19-17-. The zero-order valence-electron chi connectivity index (χ0n) is 16.8. The number of ether oxygens (including phenoxy) is 2. The second-order valence-electron chi connectivity index (χ2n) is 6.72. The van der Waals surface area contributed by atoms with Crippen LogP contribution in [0.1, 0.15) is 17.2 Å². The summed E-state index contributed by atoms with van der Waals surface area (Å²) < 4.78 is 10.1. The van der Waals surface area contributed by atoms with E-state index < -0.39 is 28.4 Å². The average molecular weight is 428 g/mol. The minimum atomic E-state index is -1.04. The van der Waals surface area contributed by atoms with Crippen molar-refractivity contribution >= 4 is 23.1 Å². The molecular formula is C21H20N2O8. The molecule has 2 aromatic carbocycles. The van der Waals surface area contributed by atoms with Gasteiger partial charge in [0, 0.05) is 31.4 Å². The molecule has 1 unspecified atom stereocenters. The largest absolute Gasteiger partial charge is 0.507 e. The number of phenols is 1. The normalized spacial score (nSPS) is 17.7. The van der Waals surface area contributed by atoms with Gasteiger partial charge in [-0.2, -0.15) is 0 Å². The molecule has 2 N–H and O–H groups in total. The Hall–Kier alpha value is -3.92. The number of ketones is 1. The Balaban J connectivity index is 2.20. The maximum atomic E-state index is 12.8. The summed E-state index contributed by atoms with van der Waals surface area (Å²) in [7, 11) is 2.82. The third kappa shape index (κ3) is 4.05. The van der Waals surface area contributed by atoms with E-state index in [1.807, 2.05) is 0 Å². The number of methoxy groups -OCH3 is 2. The Bertz CT molecular complexity index is 1080. The highest BCUT2D eigenvalue weighted by Gasteiger charge is 2.46. The monoisotopic (exact) mass is 428 g/mol. The van der Waals surface area contributed by atoms with Crippen LogP contribution in [0.25, 0.3) is 5.76 Å². The van der Waals surface area contributed by atoms with Gasteiger partial charge in [-0.15, -0.1) is 0 Å². The minimum Gasteiger partial charge on any atom is -0.507 e. The number of benzene rings is 2. The van der Waals surface area contributed by atoms with Crippen LogP contribution in [-0.2, 0) is 14.3 Å². The molecule has 1 aliphatic rings. The summed E-state index contributed by atoms with van der Waals surface area (Å²) in [6.45, 7) is 0.173. The van der Waals surface area contributed by atoms with E-state index in [0.29, 0.717) is 5.56 Å². The Morgan fingerprint density at radius 1 is 1.19 bits per heavy atom. The van der Waals surface area contributed by atoms with Crippen LogP contribution in [0.3, 0.4) is 0 Å². The molecule has 0 bridgehead atoms. The fourth-order valence-corrected chi connectivity index (χ4v) is 3.45. The molecule has 1 aliphatic heterocycles. The second-order valence-corrected chi connectivity index (χ2v) is 6.72. The molecule has 1 amide bonds. The first kappa shape index (κ1) is 21.8. The van der Waals surface area contributed by atoms with Crippen LogP contribution in [0.5, 0.6) is 11.5 Å². The van der Waals surface area contributed by atoms with Crippen molar-refractivity contribution in [3.05, 3.63) is 69.3 Å². The lowest BCUT2D eigenvalue weighted by atomic mass is 9.95. The molecule has 1 heterocycles. The van der Waals surface area contributed by atoms with Gasteiger partial charge in [0.25, 0.3) is 17.4 Å². The minimum absolute atomic E-state index is 0.0154. The van der Waals surface area contributed by atoms with Crippen LogP contribution in [0, 0.1) is 10.1 Å². The van der Waals surface area contributed by atoms with Gasteiger partial charge in [0.1, 0.15) is 5.76 Å². The smallest absolute Gasteiger partial charge is 0.295 e. The molecule has 0 saturated carbocycles. The number of phenolic OH excluding ortho intramolecular Hbond substituents is 1. The molecule has 1 saturated heterocycles. The number of hydrogen-bond donors (Lipinski definition) is 2. The Morgan fingerprint density at radius 2 is 1.94 bits per heavy atom. The predicted octanol–water partition coefficient (Wildman–Crippen LogP) is 2.38. The maximum absolute atomic E-state index is 12.8. The number of hydrogen-bond acceptors (Lipinski definition) is 8. The number of non-ortho nitro benzene ring substituents is 1. The first-order valence-corrected chi connectivity index (χ1v) is 9.19. The van der Waals surface area contributed by atoms with E-state index in [9.17, 15) is 29.9 Å². The number of amides is 1. The van der Waals surface area contributed by atoms with Gasteiger partial charge in [-0.05, 0) is 17.7 Å². The number of aliphatic hydroxyl groups excluding tert-OH is 1. The maximum Gasteiger partial charge on any atom is 0.295 e. The van der Waals surface area contributed by atoms with Crippen molar-refractivity contribution in [2.75, 3.05) is 27.4 Å². The van der Waals surface area contributed by atoms with Crippen LogP contribution >= 0.6 is 0 Å². The lowest BCUT2D eigenvalue weighted by molar-refractivity contribution is -0.384. The number of nitro benzene ring substituents is 1. The molecule has 0 aromatic heterocycles. The van der Waals surface area contributed by atoms with Gasteiger partial charge in [0.2, 0.25) is 0 Å². The Morgan fingerprint density at radius 3 is 2.55 bits per heavy atom. The fourth-order valence-electron chi connectivity index (χ4n) is 3.45. The molecular weight excluding hydrogens is 408 g/mol. The van der Waals surface area contributed by atoms with Crippen molar-refractivity contribution in [2.24, 2.45) is 0 Å². The van der Waals surface area contributed by atoms with Crippen molar-refractivity contribution in [1.82, 2.24) is 4.90 Å². The van der Waals surface area contributed by atoms with Gasteiger partial charge in [-0.25, -0.2) is 0 Å². The van der Waals surface area contributed by atoms with E-state index in [1.165, 1.54) is 49.5 Å². The summed E-state index contributed by atoms with van der Waals surface area (Å²) in [6, 6.07) is 8.43. The van der Waals surface area contributed by atoms with Gasteiger partial charge < -0.3 is 24.6 Å². The number of rotatable bonds is 7. The SMILES string of the molecule is COCCN1C(=O)C(=O)/C(=C(\O)c2cccc([N+](=O)[O-])c2)C1c1ccc(OC)c(O)c1. The van der Waals surface area contributed by atoms with E-state index in [-0.39, 0.29) is 41.5 Å². The van der Waals surface area contributed by atoms with Gasteiger partial charge in [0.15, 0.2) is 11.5 Å². The number of nitro groups is 1. The molecule has 1 fully saturated rings. The highest BCUT2D eigenvalue weighted by atomic mass is 16.6. The van der Waals surface area contributed by atoms with E-state index in [0.717, 1.165) is 6.07 Å². The van der Waals surface area contributed by atoms with Crippen LogP contribution in [0.15, 0.2) is 48.0 Å². The Kier molecular flexibility index (Phi) is 6.21. The molecule has 10 nitrogen and oxygen atoms in total. The van der Waals surface area contributed by atoms with Gasteiger partial charge in [-0.3, -0.25) is 19.7 Å². The van der Waals surface area contributed by atoms with Crippen molar-refractivity contribution in [1.29, 1.82) is 0 Å². The summed E-state index contributed by atoms with van der Waals surface area (Å²) in [5.74, 6) is -2.38. The number of carbonyl (C=O) groups is 2. The van der Waals surface area contributed by atoms with Crippen LogP contribution in [-0.4, -0.2) is 59.1 Å². The number of nitrogens with zero attached hydrogens (tertiary/aromatic N) is 2. The summed E-state index contributed by atoms with van der Waals surface area (Å²) in [4.78, 5) is 37.2. The molecule has 31 heavy (non-hydrogen) atoms. The molecule has 10 heteroatoms. The summed E-state index contributed by atoms with van der Waals surface area (Å²) in [5, 5.41) is 32.2. The molecule has 0 radical (unpaired) electrons. The lowest BCUT2D eigenvalue weighted by Crippen LogP contribution is -2.32. The van der Waals surface area contributed by atoms with Crippen LogP contribution in [0.2, 0.25) is 0 Å². The lowest BCUT2D eigenvalue weighted by Gasteiger charge is -2.25. The molecule has 3 rings (SSSR count). The van der Waals surface area contributed by atoms with E-state index in [2.05, 4.69) is 0 Å². The van der Waals surface area contributed by atoms with Gasteiger partial charge in [-0.1, -0.05) is 18.2 Å². The number of likely N-dealkylation sites (tertiary alicyclic amines) is 1. The summed E-state index contributed by atoms with van der Waals surface area (Å²) >= 11 is 0. The highest BCUT2D eigenvalue weighted by Crippen LogP contribution is 2.41. The molecule has 1 atom stereocenters. The number of carbonyl (C=O) groups excluding carboxylic acids is 2. The van der Waals surface area contributed by atoms with E-state index in [1.54, 1.807) is 6.07 Å². The topological polar surface area (TPSA) is 139 Å². The molecule has 0 aliphatic carbocycles. The zero-order chi connectivity index (χ0) is 22.7. The van der Waals surface area contributed by atoms with Crippen LogP contribution in [0.4, 0.5) is 5.69 Å². The summed E-state index contributed by atoms with van der Waals surface area (Å²) in [6.07, 6.45) is 0. The quantitative estimate of drug-likeness (QED) is 0.225. The average Bonchev–Trinajstić information content (AvgIpc) is 3.01. The number of aromatic hydroxyl groups is 1. The van der Waals surface area contributed by atoms with Crippen molar-refractivity contribution < 1.29 is 34.2 Å². The first-order chi connectivity index (χ1) is 14.8. The first-order valence-electron chi connectivity index (χ1n) is 9.19. The molecule has 162 valence electrons. The van der Waals surface area contributed by atoms with E-state index in [4.69, 9.17) is 9.47 Å². The van der Waals surface area contributed by atoms with Crippen molar-refractivity contribution in [3.63, 3.8) is 0 Å². The second kappa shape index (κ2) is 8.84. The number of aliphatic hydroxyl groups is 1. The highest BCUT2D eigenvalue weighted by molar-refractivity contribution is 6.46. The van der Waals surface area contributed by atoms with Crippen molar-refractivity contribution in [3.8, 4) is 11.5 Å². The van der Waals surface area contributed by atoms with Crippen LogP contribution < -0.4 is 4.74 Å². The summed E-state index contributed by atoms with van der Waals surface area (Å²) in [5.41, 5.74) is -0.162. The fraction of sp³-hybridized carbons (Fsp3) is 0.238. The number of Topliss-reactive ketones (excluding diaryl/α,β-unsaturated/α-hetero) is 1. The predicted molar refractivity (Wildman–Crippen MR) is 109 cm³/mol. The zero-order valence-corrected chi connectivity index (χ0v) is 16.8.